The normalized spacial score (nSPS) is 20.4. The second kappa shape index (κ2) is 5.69. The van der Waals surface area contributed by atoms with Crippen molar-refractivity contribution in [1.82, 2.24) is 9.80 Å². The van der Waals surface area contributed by atoms with Gasteiger partial charge < -0.3 is 14.9 Å². The van der Waals surface area contributed by atoms with E-state index in [0.717, 1.165) is 0 Å². The van der Waals surface area contributed by atoms with E-state index in [1.54, 1.807) is 23.6 Å². The van der Waals surface area contributed by atoms with Crippen LogP contribution in [0.4, 0.5) is 0 Å². The van der Waals surface area contributed by atoms with Crippen LogP contribution in [-0.2, 0) is 9.59 Å². The number of carbonyl (C=O) groups excluding carboxylic acids is 2. The molecule has 1 heterocycles. The summed E-state index contributed by atoms with van der Waals surface area (Å²) in [5.41, 5.74) is -0.904. The van der Waals surface area contributed by atoms with Gasteiger partial charge in [0.15, 0.2) is 0 Å². The molecule has 0 radical (unpaired) electrons. The molecule has 1 N–H and O–H groups in total. The summed E-state index contributed by atoms with van der Waals surface area (Å²) in [6.45, 7) is 9.19. The summed E-state index contributed by atoms with van der Waals surface area (Å²) in [4.78, 5) is 27.3. The van der Waals surface area contributed by atoms with E-state index in [1.807, 2.05) is 13.8 Å². The first kappa shape index (κ1) is 15.0. The van der Waals surface area contributed by atoms with Gasteiger partial charge in [0.25, 0.3) is 0 Å². The molecule has 1 atom stereocenters. The number of likely N-dealkylation sites (N-methyl/N-ethyl adjacent to an activating group) is 1. The van der Waals surface area contributed by atoms with Crippen LogP contribution in [0.1, 0.15) is 34.1 Å². The van der Waals surface area contributed by atoms with Crippen molar-refractivity contribution in [2.75, 3.05) is 26.2 Å². The van der Waals surface area contributed by atoms with Gasteiger partial charge in [-0.15, -0.1) is 0 Å². The highest BCUT2D eigenvalue weighted by Gasteiger charge is 2.36. The summed E-state index contributed by atoms with van der Waals surface area (Å²) in [6, 6.07) is 0. The predicted molar refractivity (Wildman–Crippen MR) is 68.9 cm³/mol. The van der Waals surface area contributed by atoms with Gasteiger partial charge in [-0.05, 0) is 27.7 Å². The molecule has 1 aliphatic heterocycles. The molecule has 0 aromatic rings. The molecule has 0 aliphatic carbocycles. The number of hydrogen-bond donors (Lipinski definition) is 1. The minimum absolute atomic E-state index is 0.0241. The molecular weight excluding hydrogens is 232 g/mol. The Labute approximate surface area is 109 Å². The lowest BCUT2D eigenvalue weighted by molar-refractivity contribution is -0.138. The van der Waals surface area contributed by atoms with E-state index >= 15 is 0 Å². The largest absolute Gasteiger partial charge is 0.389 e. The summed E-state index contributed by atoms with van der Waals surface area (Å²) in [6.07, 6.45) is 0.301. The Hall–Kier alpha value is -1.10. The minimum Gasteiger partial charge on any atom is -0.389 e. The molecule has 0 aromatic heterocycles. The van der Waals surface area contributed by atoms with Crippen molar-refractivity contribution in [3.05, 3.63) is 0 Å². The third-order valence-electron chi connectivity index (χ3n) is 3.22. The smallest absolute Gasteiger partial charge is 0.228 e. The van der Waals surface area contributed by atoms with Crippen LogP contribution in [-0.4, -0.2) is 58.5 Å². The molecule has 1 rings (SSSR count). The van der Waals surface area contributed by atoms with Crippen LogP contribution in [0, 0.1) is 5.92 Å². The quantitative estimate of drug-likeness (QED) is 0.778. The molecule has 0 aromatic carbocycles. The van der Waals surface area contributed by atoms with E-state index in [2.05, 4.69) is 0 Å². The van der Waals surface area contributed by atoms with E-state index in [-0.39, 0.29) is 17.7 Å². The Morgan fingerprint density at radius 2 is 2.11 bits per heavy atom. The lowest BCUT2D eigenvalue weighted by atomic mass is 10.0. The number of rotatable bonds is 5. The number of hydrogen-bond acceptors (Lipinski definition) is 3. The molecule has 2 amide bonds. The molecule has 5 nitrogen and oxygen atoms in total. The first-order chi connectivity index (χ1) is 8.28. The average Bonchev–Trinajstić information content (AvgIpc) is 2.65. The van der Waals surface area contributed by atoms with E-state index in [9.17, 15) is 14.7 Å². The van der Waals surface area contributed by atoms with Crippen molar-refractivity contribution in [2.45, 2.75) is 39.7 Å². The maximum Gasteiger partial charge on any atom is 0.228 e. The van der Waals surface area contributed by atoms with Crippen molar-refractivity contribution in [3.8, 4) is 0 Å². The molecule has 5 heteroatoms. The van der Waals surface area contributed by atoms with Gasteiger partial charge in [-0.1, -0.05) is 0 Å². The fraction of sp³-hybridized carbons (Fsp3) is 0.846. The highest BCUT2D eigenvalue weighted by molar-refractivity contribution is 5.89. The van der Waals surface area contributed by atoms with Gasteiger partial charge in [-0.3, -0.25) is 9.59 Å². The average molecular weight is 256 g/mol. The topological polar surface area (TPSA) is 60.9 Å². The molecule has 0 bridgehead atoms. The van der Waals surface area contributed by atoms with Crippen LogP contribution >= 0.6 is 0 Å². The van der Waals surface area contributed by atoms with E-state index < -0.39 is 5.60 Å². The van der Waals surface area contributed by atoms with Gasteiger partial charge in [0.2, 0.25) is 11.8 Å². The number of carbonyl (C=O) groups is 2. The van der Waals surface area contributed by atoms with Crippen molar-refractivity contribution in [1.29, 1.82) is 0 Å². The lowest BCUT2D eigenvalue weighted by Gasteiger charge is -2.30. The number of likely N-dealkylation sites (tertiary alicyclic amines) is 1. The Morgan fingerprint density at radius 1 is 1.50 bits per heavy atom. The summed E-state index contributed by atoms with van der Waals surface area (Å²) in [7, 11) is 0. The molecule has 104 valence electrons. The second-order valence-corrected chi connectivity index (χ2v) is 5.50. The molecule has 0 spiro atoms. The zero-order chi connectivity index (χ0) is 13.9. The van der Waals surface area contributed by atoms with Gasteiger partial charge in [0.1, 0.15) is 0 Å². The Kier molecular flexibility index (Phi) is 4.73. The number of amides is 2. The van der Waals surface area contributed by atoms with Gasteiger partial charge in [-0.2, -0.15) is 0 Å². The zero-order valence-electron chi connectivity index (χ0n) is 11.8. The van der Waals surface area contributed by atoms with Crippen molar-refractivity contribution < 1.29 is 14.7 Å². The fourth-order valence-electron chi connectivity index (χ4n) is 2.31. The Balaban J connectivity index is 2.66. The maximum atomic E-state index is 12.3. The van der Waals surface area contributed by atoms with Crippen LogP contribution < -0.4 is 0 Å². The Bertz CT molecular complexity index is 323. The van der Waals surface area contributed by atoms with Crippen molar-refractivity contribution in [3.63, 3.8) is 0 Å². The molecule has 0 saturated carbocycles. The van der Waals surface area contributed by atoms with Crippen LogP contribution in [0.3, 0.4) is 0 Å². The maximum absolute atomic E-state index is 12.3. The van der Waals surface area contributed by atoms with Crippen LogP contribution in [0.2, 0.25) is 0 Å². The fourth-order valence-corrected chi connectivity index (χ4v) is 2.31. The molecule has 1 fully saturated rings. The standard InChI is InChI=1S/C13H24N2O3/c1-5-14-8-10(7-11(14)16)12(17)15(6-2)9-13(3,4)18/h10,18H,5-9H2,1-4H3. The summed E-state index contributed by atoms with van der Waals surface area (Å²) < 4.78 is 0. The highest BCUT2D eigenvalue weighted by Crippen LogP contribution is 2.20. The number of nitrogens with zero attached hydrogens (tertiary/aromatic N) is 2. The first-order valence-corrected chi connectivity index (χ1v) is 6.57. The van der Waals surface area contributed by atoms with Gasteiger partial charge in [-0.25, -0.2) is 0 Å². The van der Waals surface area contributed by atoms with Crippen LogP contribution in [0.25, 0.3) is 0 Å². The number of aliphatic hydroxyl groups is 1. The highest BCUT2D eigenvalue weighted by atomic mass is 16.3. The van der Waals surface area contributed by atoms with Crippen molar-refractivity contribution >= 4 is 11.8 Å². The van der Waals surface area contributed by atoms with Crippen LogP contribution in [0.15, 0.2) is 0 Å². The van der Waals surface area contributed by atoms with E-state index in [0.29, 0.717) is 32.6 Å². The zero-order valence-corrected chi connectivity index (χ0v) is 11.8. The van der Waals surface area contributed by atoms with E-state index in [1.165, 1.54) is 0 Å². The van der Waals surface area contributed by atoms with Crippen LogP contribution in [0.5, 0.6) is 0 Å². The molecule has 1 saturated heterocycles. The van der Waals surface area contributed by atoms with Gasteiger partial charge >= 0.3 is 0 Å². The molecule has 1 aliphatic rings. The first-order valence-electron chi connectivity index (χ1n) is 6.57. The lowest BCUT2D eigenvalue weighted by Crippen LogP contribution is -2.45. The minimum atomic E-state index is -0.904. The SMILES string of the molecule is CCN1CC(C(=O)N(CC)CC(C)(C)O)CC1=O. The predicted octanol–water partition coefficient (Wildman–Crippen LogP) is 0.474. The summed E-state index contributed by atoms with van der Waals surface area (Å²) >= 11 is 0. The molecule has 1 unspecified atom stereocenters. The van der Waals surface area contributed by atoms with Crippen molar-refractivity contribution in [2.24, 2.45) is 5.92 Å². The van der Waals surface area contributed by atoms with Gasteiger partial charge in [0.05, 0.1) is 11.5 Å². The monoisotopic (exact) mass is 256 g/mol. The molecular formula is C13H24N2O3. The third kappa shape index (κ3) is 3.70. The molecule has 18 heavy (non-hydrogen) atoms. The van der Waals surface area contributed by atoms with E-state index in [4.69, 9.17) is 0 Å². The summed E-state index contributed by atoms with van der Waals surface area (Å²) in [5.74, 6) is -0.223. The Morgan fingerprint density at radius 3 is 2.50 bits per heavy atom. The third-order valence-corrected chi connectivity index (χ3v) is 3.22. The van der Waals surface area contributed by atoms with Gasteiger partial charge in [0, 0.05) is 32.6 Å². The summed E-state index contributed by atoms with van der Waals surface area (Å²) in [5, 5.41) is 9.79. The second-order valence-electron chi connectivity index (χ2n) is 5.50.